The van der Waals surface area contributed by atoms with Crippen LogP contribution in [0.1, 0.15) is 18.9 Å². The zero-order valence-electron chi connectivity index (χ0n) is 14.7. The second-order valence-corrected chi connectivity index (χ2v) is 8.08. The lowest BCUT2D eigenvalue weighted by atomic mass is 9.63. The average Bonchev–Trinajstić information content (AvgIpc) is 3.44. The summed E-state index contributed by atoms with van der Waals surface area (Å²) in [4.78, 5) is 39.9. The molecule has 26 heavy (non-hydrogen) atoms. The van der Waals surface area contributed by atoms with Crippen molar-refractivity contribution in [2.24, 2.45) is 35.5 Å². The summed E-state index contributed by atoms with van der Waals surface area (Å²) < 4.78 is 0. The number of amides is 3. The highest BCUT2D eigenvalue weighted by Gasteiger charge is 2.67. The van der Waals surface area contributed by atoms with Gasteiger partial charge in [0.25, 0.3) is 0 Å². The average molecular weight is 350 g/mol. The molecule has 0 radical (unpaired) electrons. The van der Waals surface area contributed by atoms with Gasteiger partial charge < -0.3 is 5.32 Å². The van der Waals surface area contributed by atoms with E-state index >= 15 is 0 Å². The van der Waals surface area contributed by atoms with E-state index in [0.29, 0.717) is 18.4 Å². The Balaban J connectivity index is 1.32. The van der Waals surface area contributed by atoms with Gasteiger partial charge >= 0.3 is 0 Å². The highest BCUT2D eigenvalue weighted by Crippen LogP contribution is 2.65. The summed E-state index contributed by atoms with van der Waals surface area (Å²) in [5.41, 5.74) is 0.989. The molecule has 2 saturated carbocycles. The molecular weight excluding hydrogens is 328 g/mol. The Hall–Kier alpha value is -2.43. The van der Waals surface area contributed by atoms with Crippen LogP contribution in [-0.2, 0) is 20.9 Å². The Labute approximate surface area is 152 Å². The van der Waals surface area contributed by atoms with E-state index in [2.05, 4.69) is 17.5 Å². The predicted molar refractivity (Wildman–Crippen MR) is 94.3 cm³/mol. The summed E-state index contributed by atoms with van der Waals surface area (Å²) >= 11 is 0. The summed E-state index contributed by atoms with van der Waals surface area (Å²) in [6.45, 7) is 2.05. The molecule has 5 nitrogen and oxygen atoms in total. The van der Waals surface area contributed by atoms with Gasteiger partial charge in [0.1, 0.15) is 6.04 Å². The summed E-state index contributed by atoms with van der Waals surface area (Å²) in [5.74, 6) is 0.470. The van der Waals surface area contributed by atoms with Gasteiger partial charge in [0, 0.05) is 6.54 Å². The van der Waals surface area contributed by atoms with Crippen LogP contribution in [0.2, 0.25) is 0 Å². The van der Waals surface area contributed by atoms with Gasteiger partial charge in [0.05, 0.1) is 11.8 Å². The number of carbonyl (C=O) groups is 3. The number of allylic oxidation sites excluding steroid dienone is 2. The van der Waals surface area contributed by atoms with Crippen molar-refractivity contribution >= 4 is 17.7 Å². The van der Waals surface area contributed by atoms with Gasteiger partial charge in [-0.05, 0) is 42.6 Å². The van der Waals surface area contributed by atoms with Crippen molar-refractivity contribution in [2.45, 2.75) is 25.9 Å². The maximum atomic E-state index is 13.0. The third-order valence-electron chi connectivity index (χ3n) is 6.77. The van der Waals surface area contributed by atoms with Crippen LogP contribution in [0.25, 0.3) is 0 Å². The number of nitrogens with one attached hydrogen (secondary N) is 1. The van der Waals surface area contributed by atoms with Crippen LogP contribution in [-0.4, -0.2) is 28.7 Å². The molecule has 7 atom stereocenters. The molecule has 1 aromatic rings. The first-order valence-corrected chi connectivity index (χ1v) is 9.45. The standard InChI is InChI=1S/C21H22N2O3/c1-11(19(24)22-10-12-5-3-2-4-6-12)23-20(25)17-13-7-8-14(16-9-15(13)16)18(17)21(23)26/h2-8,11,13-18H,9-10H2,1H3,(H,22,24)/t11-,13+,14+,15+,16+,17-,18+/m1/s1. The number of benzene rings is 1. The van der Waals surface area contributed by atoms with E-state index in [1.807, 2.05) is 30.3 Å². The largest absolute Gasteiger partial charge is 0.350 e. The van der Waals surface area contributed by atoms with Crippen LogP contribution >= 0.6 is 0 Å². The quantitative estimate of drug-likeness (QED) is 0.664. The number of hydrogen-bond acceptors (Lipinski definition) is 3. The van der Waals surface area contributed by atoms with Crippen LogP contribution in [0.3, 0.4) is 0 Å². The molecule has 2 bridgehead atoms. The minimum Gasteiger partial charge on any atom is -0.350 e. The molecule has 0 aromatic heterocycles. The molecule has 1 saturated heterocycles. The predicted octanol–water partition coefficient (Wildman–Crippen LogP) is 1.74. The highest BCUT2D eigenvalue weighted by atomic mass is 16.2. The summed E-state index contributed by atoms with van der Waals surface area (Å²) in [7, 11) is 0. The molecule has 1 aliphatic heterocycles. The van der Waals surface area contributed by atoms with Crippen molar-refractivity contribution in [1.82, 2.24) is 10.2 Å². The summed E-state index contributed by atoms with van der Waals surface area (Å²) in [6.07, 6.45) is 5.44. The van der Waals surface area contributed by atoms with Gasteiger partial charge in [-0.15, -0.1) is 0 Å². The number of hydrogen-bond donors (Lipinski definition) is 1. The molecule has 3 amide bonds. The van der Waals surface area contributed by atoms with Crippen LogP contribution in [0.15, 0.2) is 42.5 Å². The first-order valence-electron chi connectivity index (χ1n) is 9.45. The van der Waals surface area contributed by atoms with Crippen molar-refractivity contribution in [3.8, 4) is 0 Å². The smallest absolute Gasteiger partial charge is 0.243 e. The molecule has 5 aliphatic rings. The van der Waals surface area contributed by atoms with Crippen molar-refractivity contribution in [2.75, 3.05) is 0 Å². The van der Waals surface area contributed by atoms with E-state index in [4.69, 9.17) is 0 Å². The topological polar surface area (TPSA) is 66.5 Å². The van der Waals surface area contributed by atoms with Gasteiger partial charge in [0.15, 0.2) is 0 Å². The molecule has 0 spiro atoms. The molecule has 134 valence electrons. The fourth-order valence-electron chi connectivity index (χ4n) is 5.41. The molecule has 3 fully saturated rings. The van der Waals surface area contributed by atoms with E-state index < -0.39 is 6.04 Å². The van der Waals surface area contributed by atoms with Crippen LogP contribution in [0.5, 0.6) is 0 Å². The Morgan fingerprint density at radius 2 is 1.65 bits per heavy atom. The number of likely N-dealkylation sites (tertiary alicyclic amines) is 1. The number of imide groups is 1. The molecule has 1 heterocycles. The molecule has 1 N–H and O–H groups in total. The first kappa shape index (κ1) is 15.8. The van der Waals surface area contributed by atoms with Gasteiger partial charge in [-0.2, -0.15) is 0 Å². The molecule has 4 aliphatic carbocycles. The summed E-state index contributed by atoms with van der Waals surface area (Å²) in [5, 5.41) is 2.85. The highest BCUT2D eigenvalue weighted by molar-refractivity contribution is 6.09. The zero-order valence-corrected chi connectivity index (χ0v) is 14.7. The lowest BCUT2D eigenvalue weighted by molar-refractivity contribution is -0.147. The van der Waals surface area contributed by atoms with Crippen molar-refractivity contribution in [1.29, 1.82) is 0 Å². The van der Waals surface area contributed by atoms with Crippen LogP contribution < -0.4 is 5.32 Å². The number of carbonyl (C=O) groups excluding carboxylic acids is 3. The Morgan fingerprint density at radius 1 is 1.08 bits per heavy atom. The first-order chi connectivity index (χ1) is 12.6. The van der Waals surface area contributed by atoms with Gasteiger partial charge in [-0.1, -0.05) is 42.5 Å². The third-order valence-corrected chi connectivity index (χ3v) is 6.77. The van der Waals surface area contributed by atoms with E-state index in [-0.39, 0.29) is 41.4 Å². The zero-order chi connectivity index (χ0) is 18.0. The summed E-state index contributed by atoms with van der Waals surface area (Å²) in [6, 6.07) is 8.85. The Kier molecular flexibility index (Phi) is 3.36. The molecule has 6 rings (SSSR count). The minimum absolute atomic E-state index is 0.146. The maximum absolute atomic E-state index is 13.0. The Morgan fingerprint density at radius 3 is 2.23 bits per heavy atom. The van der Waals surface area contributed by atoms with Crippen molar-refractivity contribution < 1.29 is 14.4 Å². The van der Waals surface area contributed by atoms with E-state index in [1.54, 1.807) is 6.92 Å². The van der Waals surface area contributed by atoms with Crippen LogP contribution in [0, 0.1) is 35.5 Å². The second kappa shape index (κ2) is 5.53. The fourth-order valence-corrected chi connectivity index (χ4v) is 5.41. The number of nitrogens with zero attached hydrogens (tertiary/aromatic N) is 1. The molecular formula is C21H22N2O3. The molecule has 5 heteroatoms. The van der Waals surface area contributed by atoms with Gasteiger partial charge in [-0.3, -0.25) is 19.3 Å². The van der Waals surface area contributed by atoms with Crippen molar-refractivity contribution in [3.63, 3.8) is 0 Å². The molecule has 1 aromatic carbocycles. The maximum Gasteiger partial charge on any atom is 0.243 e. The fraction of sp³-hybridized carbons (Fsp3) is 0.476. The number of rotatable bonds is 4. The van der Waals surface area contributed by atoms with Gasteiger partial charge in [-0.25, -0.2) is 0 Å². The lowest BCUT2D eigenvalue weighted by Gasteiger charge is -2.37. The minimum atomic E-state index is -0.764. The van der Waals surface area contributed by atoms with E-state index in [0.717, 1.165) is 12.0 Å². The second-order valence-electron chi connectivity index (χ2n) is 8.08. The third kappa shape index (κ3) is 2.12. The van der Waals surface area contributed by atoms with Crippen LogP contribution in [0.4, 0.5) is 0 Å². The SMILES string of the molecule is C[C@H](C(=O)NCc1ccccc1)N1C(=O)[C@@H]2[C@H]3C=C[C@@H]([C@@H]4C[C@@H]34)[C@@H]2C1=O. The lowest BCUT2D eigenvalue weighted by Crippen LogP contribution is -2.48. The van der Waals surface area contributed by atoms with E-state index in [1.165, 1.54) is 4.90 Å². The van der Waals surface area contributed by atoms with Gasteiger partial charge in [0.2, 0.25) is 17.7 Å². The Bertz CT molecular complexity index is 782. The van der Waals surface area contributed by atoms with Crippen molar-refractivity contribution in [3.05, 3.63) is 48.0 Å². The normalized spacial score (nSPS) is 37.3. The van der Waals surface area contributed by atoms with E-state index in [9.17, 15) is 14.4 Å². The molecule has 0 unspecified atom stereocenters. The monoisotopic (exact) mass is 350 g/mol.